The number of nitrogens with zero attached hydrogens (tertiary/aromatic N) is 1. The monoisotopic (exact) mass is 299 g/mol. The van der Waals surface area contributed by atoms with E-state index in [0.29, 0.717) is 11.3 Å². The molecule has 0 saturated carbocycles. The van der Waals surface area contributed by atoms with Gasteiger partial charge >= 0.3 is 0 Å². The molecule has 0 fully saturated rings. The van der Waals surface area contributed by atoms with E-state index in [4.69, 9.17) is 11.0 Å². The van der Waals surface area contributed by atoms with Crippen LogP contribution in [-0.4, -0.2) is 5.91 Å². The molecule has 1 atom stereocenters. The van der Waals surface area contributed by atoms with Crippen LogP contribution in [0.2, 0.25) is 0 Å². The van der Waals surface area contributed by atoms with E-state index in [1.165, 1.54) is 0 Å². The molecule has 0 bridgehead atoms. The number of carbonyl (C=O) groups is 1. The molecule has 3 N–H and O–H groups in total. The Bertz CT molecular complexity index is 466. The average Bonchev–Trinajstić information content (AvgIpc) is 2.43. The zero-order valence-corrected chi connectivity index (χ0v) is 9.20. The summed E-state index contributed by atoms with van der Waals surface area (Å²) in [6.07, 6.45) is 0. The molecule has 0 aromatic heterocycles. The second-order valence-corrected chi connectivity index (χ2v) is 4.20. The first-order valence-corrected chi connectivity index (χ1v) is 4.98. The molecule has 0 spiro atoms. The Kier molecular flexibility index (Phi) is 1.97. The molecule has 0 aliphatic carbocycles. The lowest BCUT2D eigenvalue weighted by molar-refractivity contribution is -0.118. The number of anilines is 1. The van der Waals surface area contributed by atoms with Crippen LogP contribution < -0.4 is 11.1 Å². The second kappa shape index (κ2) is 2.93. The summed E-state index contributed by atoms with van der Waals surface area (Å²) < 4.78 is 0.885. The SMILES string of the molecule is N#C[C@@]1(N)C(=O)Nc2c(I)cccc21. The maximum absolute atomic E-state index is 11.5. The Morgan fingerprint density at radius 2 is 2.29 bits per heavy atom. The van der Waals surface area contributed by atoms with Crippen molar-refractivity contribution < 1.29 is 4.79 Å². The van der Waals surface area contributed by atoms with E-state index in [1.807, 2.05) is 12.1 Å². The molecule has 1 heterocycles. The minimum Gasteiger partial charge on any atom is -0.322 e. The smallest absolute Gasteiger partial charge is 0.264 e. The normalized spacial score (nSPS) is 23.9. The zero-order valence-electron chi connectivity index (χ0n) is 7.04. The van der Waals surface area contributed by atoms with Gasteiger partial charge in [-0.15, -0.1) is 0 Å². The lowest BCUT2D eigenvalue weighted by Crippen LogP contribution is -2.41. The van der Waals surface area contributed by atoms with Gasteiger partial charge in [-0.05, 0) is 28.7 Å². The number of halogens is 1. The van der Waals surface area contributed by atoms with Gasteiger partial charge in [-0.25, -0.2) is 0 Å². The van der Waals surface area contributed by atoms with E-state index in [0.717, 1.165) is 3.57 Å². The summed E-state index contributed by atoms with van der Waals surface area (Å²) in [6.45, 7) is 0. The van der Waals surface area contributed by atoms with E-state index in [1.54, 1.807) is 12.1 Å². The van der Waals surface area contributed by atoms with E-state index in [-0.39, 0.29) is 0 Å². The number of carbonyl (C=O) groups excluding carboxylic acids is 1. The Balaban J connectivity index is 2.72. The summed E-state index contributed by atoms with van der Waals surface area (Å²) in [6, 6.07) is 7.16. The van der Waals surface area contributed by atoms with Crippen molar-refractivity contribution in [2.45, 2.75) is 5.54 Å². The van der Waals surface area contributed by atoms with Crippen molar-refractivity contribution in [3.8, 4) is 6.07 Å². The van der Waals surface area contributed by atoms with Gasteiger partial charge in [-0.2, -0.15) is 5.26 Å². The van der Waals surface area contributed by atoms with Crippen LogP contribution >= 0.6 is 22.6 Å². The largest absolute Gasteiger partial charge is 0.322 e. The predicted octanol–water partition coefficient (Wildman–Crippen LogP) is 0.921. The summed E-state index contributed by atoms with van der Waals surface area (Å²) in [5.74, 6) is -0.459. The predicted molar refractivity (Wildman–Crippen MR) is 59.3 cm³/mol. The third kappa shape index (κ3) is 1.04. The summed E-state index contributed by atoms with van der Waals surface area (Å²) in [5, 5.41) is 11.5. The Morgan fingerprint density at radius 1 is 1.57 bits per heavy atom. The van der Waals surface area contributed by atoms with Gasteiger partial charge in [0.05, 0.1) is 11.8 Å². The number of amides is 1. The minimum atomic E-state index is -1.53. The second-order valence-electron chi connectivity index (χ2n) is 3.04. The van der Waals surface area contributed by atoms with Gasteiger partial charge in [0.1, 0.15) is 0 Å². The molecule has 0 radical (unpaired) electrons. The van der Waals surface area contributed by atoms with Gasteiger partial charge in [-0.3, -0.25) is 4.79 Å². The van der Waals surface area contributed by atoms with Crippen molar-refractivity contribution >= 4 is 34.2 Å². The first-order valence-electron chi connectivity index (χ1n) is 3.90. The number of fused-ring (bicyclic) bond motifs is 1. The van der Waals surface area contributed by atoms with E-state index in [2.05, 4.69) is 27.9 Å². The van der Waals surface area contributed by atoms with Crippen LogP contribution in [0.1, 0.15) is 5.56 Å². The highest BCUT2D eigenvalue weighted by Crippen LogP contribution is 2.36. The van der Waals surface area contributed by atoms with Gasteiger partial charge in [0.2, 0.25) is 5.54 Å². The Hall–Kier alpha value is -1.13. The van der Waals surface area contributed by atoms with E-state index < -0.39 is 11.4 Å². The molecule has 14 heavy (non-hydrogen) atoms. The lowest BCUT2D eigenvalue weighted by Gasteiger charge is -2.11. The number of para-hydroxylation sites is 1. The third-order valence-electron chi connectivity index (χ3n) is 2.21. The van der Waals surface area contributed by atoms with Gasteiger partial charge < -0.3 is 11.1 Å². The molecule has 2 rings (SSSR count). The molecule has 0 saturated heterocycles. The molecule has 1 aliphatic heterocycles. The number of benzene rings is 1. The van der Waals surface area contributed by atoms with Crippen LogP contribution in [0.5, 0.6) is 0 Å². The van der Waals surface area contributed by atoms with Crippen molar-refractivity contribution in [1.82, 2.24) is 0 Å². The van der Waals surface area contributed by atoms with Crippen molar-refractivity contribution in [2.24, 2.45) is 5.73 Å². The van der Waals surface area contributed by atoms with Crippen molar-refractivity contribution in [2.75, 3.05) is 5.32 Å². The highest BCUT2D eigenvalue weighted by atomic mass is 127. The van der Waals surface area contributed by atoms with Crippen LogP contribution in [0.15, 0.2) is 18.2 Å². The van der Waals surface area contributed by atoms with Crippen molar-refractivity contribution in [3.05, 3.63) is 27.3 Å². The quantitative estimate of drug-likeness (QED) is 0.699. The van der Waals surface area contributed by atoms with Gasteiger partial charge in [-0.1, -0.05) is 12.1 Å². The maximum atomic E-state index is 11.5. The number of nitrogens with two attached hydrogens (primary N) is 1. The molecular formula is C9H6IN3O. The maximum Gasteiger partial charge on any atom is 0.264 e. The van der Waals surface area contributed by atoms with Crippen LogP contribution in [0.4, 0.5) is 5.69 Å². The molecule has 5 heteroatoms. The lowest BCUT2D eigenvalue weighted by atomic mass is 9.94. The minimum absolute atomic E-state index is 0.459. The van der Waals surface area contributed by atoms with Gasteiger partial charge in [0.15, 0.2) is 0 Å². The van der Waals surface area contributed by atoms with E-state index >= 15 is 0 Å². The fourth-order valence-electron chi connectivity index (χ4n) is 1.43. The molecular weight excluding hydrogens is 293 g/mol. The molecule has 1 aliphatic rings. The van der Waals surface area contributed by atoms with Crippen LogP contribution in [0, 0.1) is 14.9 Å². The molecule has 1 aromatic carbocycles. The fraction of sp³-hybridized carbons (Fsp3) is 0.111. The topological polar surface area (TPSA) is 78.9 Å². The highest BCUT2D eigenvalue weighted by molar-refractivity contribution is 14.1. The zero-order chi connectivity index (χ0) is 10.3. The molecule has 1 amide bonds. The standard InChI is InChI=1S/C9H6IN3O/c10-6-3-1-2-5-7(6)13-8(14)9(5,12)4-11/h1-3H,12H2,(H,13,14)/t9-/m0/s1. The molecule has 1 aromatic rings. The summed E-state index contributed by atoms with van der Waals surface area (Å²) >= 11 is 2.09. The first-order chi connectivity index (χ1) is 6.59. The van der Waals surface area contributed by atoms with Crippen LogP contribution in [0.3, 0.4) is 0 Å². The third-order valence-corrected chi connectivity index (χ3v) is 3.11. The van der Waals surface area contributed by atoms with Gasteiger partial charge in [0.25, 0.3) is 5.91 Å². The van der Waals surface area contributed by atoms with Crippen molar-refractivity contribution in [3.63, 3.8) is 0 Å². The molecule has 70 valence electrons. The Labute approximate surface area is 94.2 Å². The number of rotatable bonds is 0. The van der Waals surface area contributed by atoms with E-state index in [9.17, 15) is 4.79 Å². The van der Waals surface area contributed by atoms with Crippen molar-refractivity contribution in [1.29, 1.82) is 5.26 Å². The number of hydrogen-bond donors (Lipinski definition) is 2. The number of nitriles is 1. The Morgan fingerprint density at radius 3 is 2.93 bits per heavy atom. The molecule has 4 nitrogen and oxygen atoms in total. The fourth-order valence-corrected chi connectivity index (χ4v) is 2.06. The average molecular weight is 299 g/mol. The summed E-state index contributed by atoms with van der Waals surface area (Å²) in [7, 11) is 0. The first kappa shape index (κ1) is 9.43. The van der Waals surface area contributed by atoms with Gasteiger partial charge in [0, 0.05) is 9.13 Å². The molecule has 0 unspecified atom stereocenters. The van der Waals surface area contributed by atoms with Crippen LogP contribution in [0.25, 0.3) is 0 Å². The summed E-state index contributed by atoms with van der Waals surface area (Å²) in [4.78, 5) is 11.5. The highest BCUT2D eigenvalue weighted by Gasteiger charge is 2.44. The number of nitrogens with one attached hydrogen (secondary N) is 1. The van der Waals surface area contributed by atoms with Crippen LogP contribution in [-0.2, 0) is 10.3 Å². The number of hydrogen-bond acceptors (Lipinski definition) is 3. The summed E-state index contributed by atoms with van der Waals surface area (Å²) in [5.41, 5.74) is 5.38.